The van der Waals surface area contributed by atoms with Gasteiger partial charge in [-0.15, -0.1) is 0 Å². The van der Waals surface area contributed by atoms with E-state index < -0.39 is 6.10 Å². The lowest BCUT2D eigenvalue weighted by Gasteiger charge is -2.35. The fourth-order valence-corrected chi connectivity index (χ4v) is 4.43. The molecule has 0 spiro atoms. The van der Waals surface area contributed by atoms with Gasteiger partial charge < -0.3 is 14.5 Å². The van der Waals surface area contributed by atoms with E-state index >= 15 is 0 Å². The Bertz CT molecular complexity index is 754. The van der Waals surface area contributed by atoms with Gasteiger partial charge >= 0.3 is 0 Å². The number of hydrogen-bond donors (Lipinski definition) is 1. The predicted octanol–water partition coefficient (Wildman–Crippen LogP) is 1.83. The second-order valence-corrected chi connectivity index (χ2v) is 7.24. The Kier molecular flexibility index (Phi) is 4.11. The molecule has 3 heterocycles. The first-order chi connectivity index (χ1) is 12.1. The molecule has 0 radical (unpaired) electrons. The summed E-state index contributed by atoms with van der Waals surface area (Å²) in [5, 5.41) is 18.8. The standard InChI is InChI=1S/C18H24N4O3/c1-3-14-17(11(2)25-20-14)18(24)21-9-12-7-15(22-6-4-5-19-22)16(23)8-13(12)10-21/h4-6,12-13,15-16,23H,3,7-10H2,1-2H3/t12-,13+,15-,16-/m1/s1. The van der Waals surface area contributed by atoms with E-state index in [0.717, 1.165) is 18.7 Å². The quantitative estimate of drug-likeness (QED) is 0.918. The van der Waals surface area contributed by atoms with Crippen molar-refractivity contribution in [3.63, 3.8) is 0 Å². The van der Waals surface area contributed by atoms with Crippen LogP contribution in [0.1, 0.15) is 47.6 Å². The molecule has 1 amide bonds. The van der Waals surface area contributed by atoms with Crippen molar-refractivity contribution in [2.45, 2.75) is 45.3 Å². The van der Waals surface area contributed by atoms with E-state index in [4.69, 9.17) is 4.52 Å². The van der Waals surface area contributed by atoms with Crippen molar-refractivity contribution < 1.29 is 14.4 Å². The SMILES string of the molecule is CCc1noc(C)c1C(=O)N1C[C@H]2C[C@@H](n3cccn3)[C@H](O)C[C@H]2C1. The summed E-state index contributed by atoms with van der Waals surface area (Å²) in [6, 6.07) is 1.87. The first-order valence-corrected chi connectivity index (χ1v) is 9.00. The highest BCUT2D eigenvalue weighted by Crippen LogP contribution is 2.41. The van der Waals surface area contributed by atoms with Crippen LogP contribution in [0.3, 0.4) is 0 Å². The van der Waals surface area contributed by atoms with Gasteiger partial charge in [0.15, 0.2) is 0 Å². The van der Waals surface area contributed by atoms with Crippen molar-refractivity contribution in [2.75, 3.05) is 13.1 Å². The van der Waals surface area contributed by atoms with Crippen LogP contribution < -0.4 is 0 Å². The summed E-state index contributed by atoms with van der Waals surface area (Å²) in [7, 11) is 0. The van der Waals surface area contributed by atoms with Crippen LogP contribution in [0.15, 0.2) is 23.0 Å². The third-order valence-corrected chi connectivity index (χ3v) is 5.74. The van der Waals surface area contributed by atoms with Crippen molar-refractivity contribution in [2.24, 2.45) is 11.8 Å². The van der Waals surface area contributed by atoms with Gasteiger partial charge in [-0.05, 0) is 44.1 Å². The second kappa shape index (κ2) is 6.29. The number of rotatable bonds is 3. The molecule has 2 aliphatic rings. The van der Waals surface area contributed by atoms with Gasteiger partial charge in [0.25, 0.3) is 5.91 Å². The monoisotopic (exact) mass is 344 g/mol. The van der Waals surface area contributed by atoms with E-state index in [1.165, 1.54) is 0 Å². The number of aliphatic hydroxyl groups excluding tert-OH is 1. The van der Waals surface area contributed by atoms with Crippen molar-refractivity contribution in [3.05, 3.63) is 35.5 Å². The molecule has 1 saturated carbocycles. The van der Waals surface area contributed by atoms with Crippen LogP contribution >= 0.6 is 0 Å². The van der Waals surface area contributed by atoms with Crippen LogP contribution in [0.4, 0.5) is 0 Å². The zero-order valence-corrected chi connectivity index (χ0v) is 14.6. The molecule has 1 aliphatic carbocycles. The molecule has 1 N–H and O–H groups in total. The van der Waals surface area contributed by atoms with Gasteiger partial charge in [-0.2, -0.15) is 5.10 Å². The number of fused-ring (bicyclic) bond motifs is 1. The molecule has 0 bridgehead atoms. The summed E-state index contributed by atoms with van der Waals surface area (Å²) >= 11 is 0. The van der Waals surface area contributed by atoms with E-state index in [1.807, 2.05) is 28.8 Å². The van der Waals surface area contributed by atoms with Crippen LogP contribution in [0.5, 0.6) is 0 Å². The lowest BCUT2D eigenvalue weighted by Crippen LogP contribution is -2.36. The van der Waals surface area contributed by atoms with E-state index in [9.17, 15) is 9.90 Å². The minimum absolute atomic E-state index is 0.00478. The molecule has 134 valence electrons. The molecular formula is C18H24N4O3. The number of nitrogens with zero attached hydrogens (tertiary/aromatic N) is 4. The Morgan fingerprint density at radius 1 is 1.36 bits per heavy atom. The first kappa shape index (κ1) is 16.3. The summed E-state index contributed by atoms with van der Waals surface area (Å²) < 4.78 is 7.07. The number of aryl methyl sites for hydroxylation is 2. The van der Waals surface area contributed by atoms with Gasteiger partial charge in [-0.3, -0.25) is 9.48 Å². The summed E-state index contributed by atoms with van der Waals surface area (Å²) in [5.41, 5.74) is 1.34. The van der Waals surface area contributed by atoms with Gasteiger partial charge in [-0.25, -0.2) is 0 Å². The molecule has 0 aromatic carbocycles. The summed E-state index contributed by atoms with van der Waals surface area (Å²) in [4.78, 5) is 14.9. The van der Waals surface area contributed by atoms with E-state index in [0.29, 0.717) is 42.5 Å². The van der Waals surface area contributed by atoms with Gasteiger partial charge in [-0.1, -0.05) is 12.1 Å². The topological polar surface area (TPSA) is 84.4 Å². The summed E-state index contributed by atoms with van der Waals surface area (Å²) in [5.74, 6) is 1.34. The number of aliphatic hydroxyl groups is 1. The third-order valence-electron chi connectivity index (χ3n) is 5.74. The molecule has 0 unspecified atom stereocenters. The molecule has 2 aromatic rings. The van der Waals surface area contributed by atoms with E-state index in [2.05, 4.69) is 10.3 Å². The normalized spacial score (nSPS) is 29.0. The van der Waals surface area contributed by atoms with Crippen LogP contribution in [-0.2, 0) is 6.42 Å². The lowest BCUT2D eigenvalue weighted by atomic mass is 9.77. The Morgan fingerprint density at radius 3 is 2.80 bits per heavy atom. The highest BCUT2D eigenvalue weighted by Gasteiger charge is 2.44. The van der Waals surface area contributed by atoms with Crippen molar-refractivity contribution >= 4 is 5.91 Å². The summed E-state index contributed by atoms with van der Waals surface area (Å²) in [6.07, 6.45) is 5.46. The second-order valence-electron chi connectivity index (χ2n) is 7.24. The highest BCUT2D eigenvalue weighted by molar-refractivity contribution is 5.96. The van der Waals surface area contributed by atoms with Crippen molar-refractivity contribution in [1.82, 2.24) is 19.8 Å². The van der Waals surface area contributed by atoms with Gasteiger partial charge in [0.05, 0.1) is 17.8 Å². The molecule has 2 fully saturated rings. The van der Waals surface area contributed by atoms with Gasteiger partial charge in [0.2, 0.25) is 0 Å². The molecule has 4 rings (SSSR count). The zero-order chi connectivity index (χ0) is 17.6. The van der Waals surface area contributed by atoms with Crippen LogP contribution in [-0.4, -0.2) is 50.0 Å². The number of carbonyl (C=O) groups excluding carboxylic acids is 1. The minimum Gasteiger partial charge on any atom is -0.391 e. The average Bonchev–Trinajstić information content (AvgIpc) is 3.32. The number of hydrogen-bond acceptors (Lipinski definition) is 5. The Morgan fingerprint density at radius 2 is 2.12 bits per heavy atom. The number of likely N-dealkylation sites (tertiary alicyclic amines) is 1. The smallest absolute Gasteiger partial charge is 0.259 e. The van der Waals surface area contributed by atoms with E-state index in [-0.39, 0.29) is 11.9 Å². The maximum Gasteiger partial charge on any atom is 0.259 e. The molecule has 1 aliphatic heterocycles. The van der Waals surface area contributed by atoms with Crippen LogP contribution in [0.25, 0.3) is 0 Å². The number of amides is 1. The molecule has 25 heavy (non-hydrogen) atoms. The first-order valence-electron chi connectivity index (χ1n) is 9.00. The van der Waals surface area contributed by atoms with Crippen molar-refractivity contribution in [3.8, 4) is 0 Å². The van der Waals surface area contributed by atoms with Crippen LogP contribution in [0.2, 0.25) is 0 Å². The average molecular weight is 344 g/mol. The number of aromatic nitrogens is 3. The fourth-order valence-electron chi connectivity index (χ4n) is 4.43. The molecular weight excluding hydrogens is 320 g/mol. The lowest BCUT2D eigenvalue weighted by molar-refractivity contribution is 0.0306. The minimum atomic E-state index is -0.417. The fraction of sp³-hybridized carbons (Fsp3) is 0.611. The maximum absolute atomic E-state index is 13.0. The van der Waals surface area contributed by atoms with Gasteiger partial charge in [0, 0.05) is 25.5 Å². The third kappa shape index (κ3) is 2.76. The zero-order valence-electron chi connectivity index (χ0n) is 14.6. The molecule has 7 nitrogen and oxygen atoms in total. The predicted molar refractivity (Wildman–Crippen MR) is 90.0 cm³/mol. The molecule has 2 aromatic heterocycles. The Balaban J connectivity index is 1.51. The Hall–Kier alpha value is -2.15. The molecule has 7 heteroatoms. The largest absolute Gasteiger partial charge is 0.391 e. The molecule has 4 atom stereocenters. The summed E-state index contributed by atoms with van der Waals surface area (Å²) in [6.45, 7) is 5.19. The number of carbonyl (C=O) groups is 1. The van der Waals surface area contributed by atoms with Gasteiger partial charge in [0.1, 0.15) is 11.3 Å². The van der Waals surface area contributed by atoms with Crippen molar-refractivity contribution in [1.29, 1.82) is 0 Å². The maximum atomic E-state index is 13.0. The highest BCUT2D eigenvalue weighted by atomic mass is 16.5. The van der Waals surface area contributed by atoms with Crippen LogP contribution in [0, 0.1) is 18.8 Å². The molecule has 1 saturated heterocycles. The Labute approximate surface area is 146 Å². The van der Waals surface area contributed by atoms with E-state index in [1.54, 1.807) is 13.1 Å².